The van der Waals surface area contributed by atoms with Gasteiger partial charge in [0.2, 0.25) is 0 Å². The van der Waals surface area contributed by atoms with Crippen LogP contribution in [0, 0.1) is 0 Å². The molecule has 2 aliphatic rings. The van der Waals surface area contributed by atoms with Gasteiger partial charge in [0.25, 0.3) is 5.91 Å². The van der Waals surface area contributed by atoms with Gasteiger partial charge in [0.15, 0.2) is 0 Å². The number of aliphatic hydroxyl groups excluding tert-OH is 1. The topological polar surface area (TPSA) is 58.6 Å². The zero-order valence-corrected chi connectivity index (χ0v) is 18.3. The van der Waals surface area contributed by atoms with Gasteiger partial charge in [-0.15, -0.1) is 0 Å². The van der Waals surface area contributed by atoms with Gasteiger partial charge in [-0.1, -0.05) is 41.4 Å². The monoisotopic (exact) mass is 485 g/mol. The van der Waals surface area contributed by atoms with Gasteiger partial charge in [0.05, 0.1) is 17.2 Å². The van der Waals surface area contributed by atoms with Gasteiger partial charge in [-0.3, -0.25) is 4.79 Å². The number of alkyl halides is 3. The molecule has 2 aromatic rings. The highest BCUT2D eigenvalue weighted by atomic mass is 35.5. The minimum Gasteiger partial charge on any atom is -0.509 e. The first-order chi connectivity index (χ1) is 15.1. The van der Waals surface area contributed by atoms with E-state index in [0.717, 1.165) is 11.1 Å². The summed E-state index contributed by atoms with van der Waals surface area (Å²) in [7, 11) is 0. The van der Waals surface area contributed by atoms with Crippen LogP contribution < -0.4 is 5.32 Å². The summed E-state index contributed by atoms with van der Waals surface area (Å²) < 4.78 is 42.2. The van der Waals surface area contributed by atoms with Crippen molar-refractivity contribution < 1.29 is 27.8 Å². The van der Waals surface area contributed by atoms with Crippen molar-refractivity contribution in [1.82, 2.24) is 5.32 Å². The van der Waals surface area contributed by atoms with Crippen LogP contribution in [0.5, 0.6) is 0 Å². The fourth-order valence-electron chi connectivity index (χ4n) is 4.30. The first-order valence-electron chi connectivity index (χ1n) is 10.1. The number of hydrogen-bond donors (Lipinski definition) is 2. The van der Waals surface area contributed by atoms with Gasteiger partial charge < -0.3 is 15.2 Å². The van der Waals surface area contributed by atoms with E-state index in [1.807, 2.05) is 12.1 Å². The molecule has 0 radical (unpaired) electrons. The molecule has 2 N–H and O–H groups in total. The Kier molecular flexibility index (Phi) is 6.18. The van der Waals surface area contributed by atoms with E-state index >= 15 is 0 Å². The van der Waals surface area contributed by atoms with E-state index in [4.69, 9.17) is 27.9 Å². The van der Waals surface area contributed by atoms with Crippen LogP contribution in [0.15, 0.2) is 48.2 Å². The standard InChI is InChI=1S/C23H20Cl2F3NO3/c24-15-4-1-13(2-5-15)14-3-6-18(25)17(11-14)19-20(30)22(29-21(19)31)9-7-16(8-10-22)32-12-23(26,27)28/h1-6,11,16,30H,7-10,12H2,(H,29,31)/t16-,22-. The Bertz CT molecular complexity index is 1060. The van der Waals surface area contributed by atoms with E-state index in [2.05, 4.69) is 5.32 Å². The predicted octanol–water partition coefficient (Wildman–Crippen LogP) is 6.32. The fraction of sp³-hybridized carbons (Fsp3) is 0.348. The van der Waals surface area contributed by atoms with E-state index < -0.39 is 30.3 Å². The van der Waals surface area contributed by atoms with Crippen molar-refractivity contribution in [2.75, 3.05) is 6.61 Å². The average Bonchev–Trinajstić information content (AvgIpc) is 2.97. The molecule has 9 heteroatoms. The third kappa shape index (κ3) is 4.60. The van der Waals surface area contributed by atoms with Crippen LogP contribution in [0.1, 0.15) is 31.2 Å². The quantitative estimate of drug-likeness (QED) is 0.532. The van der Waals surface area contributed by atoms with Gasteiger partial charge >= 0.3 is 6.18 Å². The third-order valence-corrected chi connectivity index (χ3v) is 6.53. The molecule has 0 bridgehead atoms. The SMILES string of the molecule is O=C1N[C@]2(CC[C@H](OCC(F)(F)F)CC2)C(O)=C1c1cc(-c2ccc(Cl)cc2)ccc1Cl. The van der Waals surface area contributed by atoms with Gasteiger partial charge in [0.1, 0.15) is 12.4 Å². The normalized spacial score (nSPS) is 23.7. The van der Waals surface area contributed by atoms with Crippen LogP contribution in [0.25, 0.3) is 16.7 Å². The minimum atomic E-state index is -4.39. The number of benzene rings is 2. The number of ether oxygens (including phenoxy) is 1. The molecule has 4 rings (SSSR count). The molecule has 1 saturated carbocycles. The predicted molar refractivity (Wildman–Crippen MR) is 117 cm³/mol. The zero-order valence-electron chi connectivity index (χ0n) is 16.8. The number of aliphatic hydroxyl groups is 1. The Labute approximate surface area is 193 Å². The first kappa shape index (κ1) is 23.0. The molecule has 0 saturated heterocycles. The van der Waals surface area contributed by atoms with E-state index in [-0.39, 0.29) is 37.0 Å². The fourth-order valence-corrected chi connectivity index (χ4v) is 4.64. The summed E-state index contributed by atoms with van der Waals surface area (Å²) in [5.41, 5.74) is 1.11. The second kappa shape index (κ2) is 8.61. The number of hydrogen-bond acceptors (Lipinski definition) is 3. The highest BCUT2D eigenvalue weighted by Gasteiger charge is 2.48. The zero-order chi connectivity index (χ0) is 23.1. The Balaban J connectivity index is 1.60. The molecule has 1 aliphatic heterocycles. The average molecular weight is 486 g/mol. The molecular formula is C23H20Cl2F3NO3. The van der Waals surface area contributed by atoms with Crippen LogP contribution in [0.3, 0.4) is 0 Å². The lowest BCUT2D eigenvalue weighted by Gasteiger charge is -2.37. The Morgan fingerprint density at radius 1 is 1.06 bits per heavy atom. The highest BCUT2D eigenvalue weighted by Crippen LogP contribution is 2.44. The van der Waals surface area contributed by atoms with Crippen molar-refractivity contribution >= 4 is 34.7 Å². The molecule has 0 atom stereocenters. The molecular weight excluding hydrogens is 466 g/mol. The van der Waals surface area contributed by atoms with E-state index in [1.165, 1.54) is 0 Å². The largest absolute Gasteiger partial charge is 0.509 e. The molecule has 1 heterocycles. The molecule has 170 valence electrons. The lowest BCUT2D eigenvalue weighted by molar-refractivity contribution is -0.188. The summed E-state index contributed by atoms with van der Waals surface area (Å²) >= 11 is 12.3. The maximum absolute atomic E-state index is 12.9. The maximum Gasteiger partial charge on any atom is 0.411 e. The summed E-state index contributed by atoms with van der Waals surface area (Å²) in [4.78, 5) is 12.9. The van der Waals surface area contributed by atoms with Crippen molar-refractivity contribution in [2.45, 2.75) is 43.5 Å². The Morgan fingerprint density at radius 3 is 2.31 bits per heavy atom. The molecule has 0 aromatic heterocycles. The van der Waals surface area contributed by atoms with Crippen LogP contribution in [0.4, 0.5) is 13.2 Å². The summed E-state index contributed by atoms with van der Waals surface area (Å²) in [6, 6.07) is 12.4. The lowest BCUT2D eigenvalue weighted by atomic mass is 9.79. The van der Waals surface area contributed by atoms with Crippen molar-refractivity contribution in [1.29, 1.82) is 0 Å². The number of rotatable bonds is 4. The lowest BCUT2D eigenvalue weighted by Crippen LogP contribution is -2.48. The molecule has 1 aliphatic carbocycles. The van der Waals surface area contributed by atoms with Crippen LogP contribution >= 0.6 is 23.2 Å². The van der Waals surface area contributed by atoms with Crippen molar-refractivity contribution in [2.24, 2.45) is 0 Å². The molecule has 1 amide bonds. The van der Waals surface area contributed by atoms with Gasteiger partial charge in [0, 0.05) is 15.6 Å². The van der Waals surface area contributed by atoms with Crippen LogP contribution in [-0.4, -0.2) is 35.4 Å². The molecule has 32 heavy (non-hydrogen) atoms. The van der Waals surface area contributed by atoms with E-state index in [1.54, 1.807) is 30.3 Å². The highest BCUT2D eigenvalue weighted by molar-refractivity contribution is 6.36. The first-order valence-corrected chi connectivity index (χ1v) is 10.8. The number of amides is 1. The molecule has 4 nitrogen and oxygen atoms in total. The molecule has 1 fully saturated rings. The molecule has 1 spiro atoms. The number of halogens is 5. The smallest absolute Gasteiger partial charge is 0.411 e. The minimum absolute atomic E-state index is 0.0838. The van der Waals surface area contributed by atoms with E-state index in [0.29, 0.717) is 15.6 Å². The second-order valence-electron chi connectivity index (χ2n) is 8.09. The third-order valence-electron chi connectivity index (χ3n) is 5.95. The van der Waals surface area contributed by atoms with E-state index in [9.17, 15) is 23.1 Å². The molecule has 0 unspecified atom stereocenters. The van der Waals surface area contributed by atoms with Crippen LogP contribution in [-0.2, 0) is 9.53 Å². The van der Waals surface area contributed by atoms with Crippen LogP contribution in [0.2, 0.25) is 10.0 Å². The summed E-state index contributed by atoms with van der Waals surface area (Å²) in [5.74, 6) is -0.598. The molecule has 2 aromatic carbocycles. The van der Waals surface area contributed by atoms with Crippen molar-refractivity contribution in [3.8, 4) is 11.1 Å². The summed E-state index contributed by atoms with van der Waals surface area (Å²) in [6.07, 6.45) is -3.86. The summed E-state index contributed by atoms with van der Waals surface area (Å²) in [6.45, 7) is -1.31. The number of carbonyl (C=O) groups excluding carboxylic acids is 1. The second-order valence-corrected chi connectivity index (χ2v) is 8.93. The number of nitrogens with one attached hydrogen (secondary N) is 1. The van der Waals surface area contributed by atoms with Crippen molar-refractivity contribution in [3.63, 3.8) is 0 Å². The summed E-state index contributed by atoms with van der Waals surface area (Å²) in [5, 5.41) is 14.8. The Morgan fingerprint density at radius 2 is 1.69 bits per heavy atom. The maximum atomic E-state index is 12.9. The van der Waals surface area contributed by atoms with Gasteiger partial charge in [-0.2, -0.15) is 13.2 Å². The van der Waals surface area contributed by atoms with Gasteiger partial charge in [-0.05, 0) is 61.1 Å². The Hall–Kier alpha value is -2.22. The number of carbonyl (C=O) groups is 1. The van der Waals surface area contributed by atoms with Crippen molar-refractivity contribution in [3.05, 3.63) is 63.8 Å². The van der Waals surface area contributed by atoms with Gasteiger partial charge in [-0.25, -0.2) is 0 Å².